The van der Waals surface area contributed by atoms with Gasteiger partial charge in [0.1, 0.15) is 11.2 Å². The van der Waals surface area contributed by atoms with Crippen molar-refractivity contribution in [2.24, 2.45) is 50.7 Å². The molecule has 59 heavy (non-hydrogen) atoms. The van der Waals surface area contributed by atoms with Crippen LogP contribution in [0.5, 0.6) is 11.5 Å². The molecular weight excluding hydrogens is 751 g/mol. The van der Waals surface area contributed by atoms with Crippen LogP contribution in [0.4, 0.5) is 0 Å². The molecule has 3 spiro atoms. The molecule has 11 nitrogen and oxygen atoms in total. The summed E-state index contributed by atoms with van der Waals surface area (Å²) >= 11 is 0. The first-order valence-corrected chi connectivity index (χ1v) is 22.8. The summed E-state index contributed by atoms with van der Waals surface area (Å²) in [7, 11) is 0. The second-order valence-corrected chi connectivity index (χ2v) is 22.0. The number of ether oxygens (including phenoxy) is 1. The summed E-state index contributed by atoms with van der Waals surface area (Å²) in [6.45, 7) is 11.5. The van der Waals surface area contributed by atoms with Crippen molar-refractivity contribution in [3.63, 3.8) is 0 Å². The Kier molecular flexibility index (Phi) is 8.57. The van der Waals surface area contributed by atoms with Crippen LogP contribution in [-0.2, 0) is 9.53 Å². The van der Waals surface area contributed by atoms with Gasteiger partial charge in [0.25, 0.3) is 0 Å². The monoisotopic (exact) mass is 817 g/mol. The van der Waals surface area contributed by atoms with Crippen LogP contribution in [-0.4, -0.2) is 107 Å². The van der Waals surface area contributed by atoms with Gasteiger partial charge in [0.05, 0.1) is 29.5 Å². The maximum Gasteiger partial charge on any atom is 0.160 e. The fraction of sp³-hybridized carbons (Fsp3) is 0.771. The Hall–Kier alpha value is -2.35. The van der Waals surface area contributed by atoms with Gasteiger partial charge >= 0.3 is 0 Å². The van der Waals surface area contributed by atoms with E-state index in [0.29, 0.717) is 36.9 Å². The summed E-state index contributed by atoms with van der Waals surface area (Å²) in [4.78, 5) is 15.3. The number of hydrogen-bond acceptors (Lipinski definition) is 11. The number of phenols is 2. The third-order valence-electron chi connectivity index (χ3n) is 20.2. The number of hydrogen-bond donors (Lipinski definition) is 9. The Morgan fingerprint density at radius 1 is 0.915 bits per heavy atom. The second-order valence-electron chi connectivity index (χ2n) is 22.0. The maximum absolute atomic E-state index is 15.3. The molecule has 10 aliphatic carbocycles. The van der Waals surface area contributed by atoms with Gasteiger partial charge in [-0.1, -0.05) is 65.2 Å². The van der Waals surface area contributed by atoms with Crippen molar-refractivity contribution >= 4 is 5.78 Å². The molecule has 0 unspecified atom stereocenters. The van der Waals surface area contributed by atoms with E-state index in [0.717, 1.165) is 44.2 Å². The lowest BCUT2D eigenvalue weighted by molar-refractivity contribution is -0.261. The molecule has 16 atom stereocenters. The van der Waals surface area contributed by atoms with Gasteiger partial charge in [-0.3, -0.25) is 4.79 Å². The Labute approximate surface area is 348 Å². The summed E-state index contributed by atoms with van der Waals surface area (Å²) in [6, 6.07) is 4.41. The number of nitrogens with one attached hydrogen (secondary N) is 1. The third kappa shape index (κ3) is 4.41. The Morgan fingerprint density at radius 2 is 1.64 bits per heavy atom. The highest BCUT2D eigenvalue weighted by atomic mass is 16.6. The molecule has 9 N–H and O–H groups in total. The number of phenolic OH excluding ortho intramolecular Hbond substituents is 2. The molecule has 11 aliphatic rings. The normalized spacial score (nSPS) is 52.6. The Morgan fingerprint density at radius 3 is 2.32 bits per heavy atom. The molecule has 0 amide bonds. The van der Waals surface area contributed by atoms with Gasteiger partial charge in [0, 0.05) is 60.5 Å². The first-order chi connectivity index (χ1) is 27.7. The highest BCUT2D eigenvalue weighted by Crippen LogP contribution is 2.85. The fourth-order valence-electron chi connectivity index (χ4n) is 17.9. The lowest BCUT2D eigenvalue weighted by Crippen LogP contribution is -2.74. The van der Waals surface area contributed by atoms with E-state index < -0.39 is 80.1 Å². The van der Waals surface area contributed by atoms with Crippen LogP contribution < -0.4 is 5.32 Å². The zero-order valence-electron chi connectivity index (χ0n) is 35.5. The second kappa shape index (κ2) is 12.4. The molecule has 1 saturated heterocycles. The largest absolute Gasteiger partial charge is 0.504 e. The topological polar surface area (TPSA) is 200 Å². The van der Waals surface area contributed by atoms with E-state index in [4.69, 9.17) is 4.74 Å². The molecule has 11 heteroatoms. The number of carbonyl (C=O) groups excluding carboxylic acids is 1. The minimum Gasteiger partial charge on any atom is -0.504 e. The van der Waals surface area contributed by atoms with Crippen molar-refractivity contribution < 1.29 is 50.4 Å². The number of ketones is 1. The van der Waals surface area contributed by atoms with E-state index in [9.17, 15) is 40.9 Å². The number of aromatic hydroxyl groups is 2. The van der Waals surface area contributed by atoms with Crippen LogP contribution in [0.3, 0.4) is 0 Å². The lowest BCUT2D eigenvalue weighted by atomic mass is 9.31. The van der Waals surface area contributed by atoms with Crippen LogP contribution >= 0.6 is 0 Å². The van der Waals surface area contributed by atoms with Gasteiger partial charge in [0.2, 0.25) is 0 Å². The highest BCUT2D eigenvalue weighted by molar-refractivity contribution is 5.96. The van der Waals surface area contributed by atoms with Crippen LogP contribution in [0.2, 0.25) is 0 Å². The van der Waals surface area contributed by atoms with Crippen LogP contribution in [0, 0.1) is 50.7 Å². The van der Waals surface area contributed by atoms with Crippen LogP contribution in [0.15, 0.2) is 41.5 Å². The number of benzene rings is 1. The van der Waals surface area contributed by atoms with E-state index >= 15 is 4.79 Å². The van der Waals surface area contributed by atoms with Gasteiger partial charge in [-0.2, -0.15) is 0 Å². The number of carbonyl (C=O) groups is 1. The summed E-state index contributed by atoms with van der Waals surface area (Å²) in [5, 5.41) is 101. The average Bonchev–Trinajstić information content (AvgIpc) is 3.75. The van der Waals surface area contributed by atoms with Crippen molar-refractivity contribution in [3.05, 3.63) is 47.1 Å². The van der Waals surface area contributed by atoms with Crippen molar-refractivity contribution in [3.8, 4) is 11.5 Å². The first-order valence-electron chi connectivity index (χ1n) is 22.8. The molecule has 1 heterocycles. The molecule has 1 aromatic carbocycles. The summed E-state index contributed by atoms with van der Waals surface area (Å²) in [5.74, 6) is -3.87. The zero-order valence-corrected chi connectivity index (χ0v) is 35.5. The molecule has 324 valence electrons. The standard InChI is InChI=1S/C48H67NO10/c1-6-49-24-28-21-40(3)14-11-29(28)48(39(55)26(40)2)46(57,17-18-50)38-33(59-48)22-47(58)34-20-32(53)37-36(27-9-10-30(51)31(52)19-27)44(56)15-16-45(34,41(37,4)23-35(44)54)43(12-7-8-13-43)25-42(38,47)5/h9-10,19-21,26,29,33,35-39,49-52,54-58H,6-8,11-18,22-25H2,1-5H3/t26-,29+,33+,35+,36+,37-,38+,39+,40-,41+,42-,44+,45+,46-,47-,48+/m1/s1. The zero-order chi connectivity index (χ0) is 42.1. The minimum absolute atomic E-state index is 0.0401. The number of rotatable bonds is 6. The molecule has 1 aromatic rings. The summed E-state index contributed by atoms with van der Waals surface area (Å²) in [5.41, 5.74) is -7.95. The number of fused-ring (bicyclic) bond motifs is 8. The quantitative estimate of drug-likeness (QED) is 0.145. The van der Waals surface area contributed by atoms with Gasteiger partial charge in [0.15, 0.2) is 17.3 Å². The Balaban J connectivity index is 1.17. The summed E-state index contributed by atoms with van der Waals surface area (Å²) < 4.78 is 7.48. The van der Waals surface area contributed by atoms with Crippen LogP contribution in [0.1, 0.15) is 123 Å². The number of likely N-dealkylation sites (N-methyl/N-ethyl adjacent to an activating group) is 1. The molecule has 0 radical (unpaired) electrons. The van der Waals surface area contributed by atoms with Gasteiger partial charge in [-0.25, -0.2) is 0 Å². The van der Waals surface area contributed by atoms with Crippen molar-refractivity contribution in [1.29, 1.82) is 0 Å². The SMILES string of the molecule is CCNCC1=C[C@@]2(C)CC[C@@H]1[C@]1(O[C@H]3C[C@@]4(O)C5=CC(=O)[C@@H]6[C@H](c7ccc(O)c(O)c7)[C@]7(O)CC[C@@]5(C5(CCCC5)C[C@]4(C)[C@H]3[C@]1(O)CCO)[C@@]6(C)C[C@@H]7O)[C@@H](O)[C@H]2C. The van der Waals surface area contributed by atoms with Gasteiger partial charge < -0.3 is 50.9 Å². The lowest BCUT2D eigenvalue weighted by Gasteiger charge is -2.73. The molecule has 7 saturated carbocycles. The molecular formula is C48H67NO10. The number of aliphatic hydroxyl groups is 6. The predicted octanol–water partition coefficient (Wildman–Crippen LogP) is 4.52. The maximum atomic E-state index is 15.3. The Bertz CT molecular complexity index is 2030. The van der Waals surface area contributed by atoms with E-state index in [2.05, 4.69) is 46.0 Å². The third-order valence-corrected chi connectivity index (χ3v) is 20.2. The first kappa shape index (κ1) is 40.7. The molecule has 12 rings (SSSR count). The summed E-state index contributed by atoms with van der Waals surface area (Å²) in [6.07, 6.45) is 7.38. The van der Waals surface area contributed by atoms with E-state index in [1.54, 1.807) is 12.1 Å². The van der Waals surface area contributed by atoms with Crippen molar-refractivity contribution in [2.75, 3.05) is 19.7 Å². The van der Waals surface area contributed by atoms with Gasteiger partial charge in [-0.05, 0) is 109 Å². The predicted molar refractivity (Wildman–Crippen MR) is 218 cm³/mol. The van der Waals surface area contributed by atoms with Crippen molar-refractivity contribution in [2.45, 2.75) is 158 Å². The minimum atomic E-state index is -1.75. The smallest absolute Gasteiger partial charge is 0.160 e. The average molecular weight is 818 g/mol. The van der Waals surface area contributed by atoms with Gasteiger partial charge in [-0.15, -0.1) is 0 Å². The molecule has 1 aliphatic heterocycles. The van der Waals surface area contributed by atoms with Crippen LogP contribution in [0.25, 0.3) is 0 Å². The molecule has 0 aromatic heterocycles. The van der Waals surface area contributed by atoms with E-state index in [1.165, 1.54) is 12.1 Å². The fourth-order valence-corrected chi connectivity index (χ4v) is 17.9. The molecule has 6 bridgehead atoms. The number of aliphatic hydroxyl groups excluding tert-OH is 3. The van der Waals surface area contributed by atoms with E-state index in [-0.39, 0.29) is 66.8 Å². The number of allylic oxidation sites excluding steroid dienone is 2. The molecule has 8 fully saturated rings. The van der Waals surface area contributed by atoms with E-state index in [1.807, 2.05) is 0 Å². The highest BCUT2D eigenvalue weighted by Gasteiger charge is 2.87. The van der Waals surface area contributed by atoms with Crippen molar-refractivity contribution in [1.82, 2.24) is 5.32 Å².